The maximum absolute atomic E-state index is 12.4. The Morgan fingerprint density at radius 2 is 1.81 bits per heavy atom. The molecular weight excluding hydrogens is 334 g/mol. The van der Waals surface area contributed by atoms with Gasteiger partial charge >= 0.3 is 5.97 Å². The predicted octanol–water partition coefficient (Wildman–Crippen LogP) is 2.61. The molecule has 0 spiro atoms. The Labute approximate surface area is 150 Å². The van der Waals surface area contributed by atoms with Gasteiger partial charge in [-0.05, 0) is 41.5 Å². The van der Waals surface area contributed by atoms with Crippen LogP contribution in [0.25, 0.3) is 6.08 Å². The zero-order valence-electron chi connectivity index (χ0n) is 14.4. The minimum Gasteiger partial charge on any atom is -0.497 e. The number of ketones is 1. The standard InChI is InChI=1S/C20H17NO5/c1-25-15-7-3-14(4-8-15)12-21-17-11-13(6-10-18(22)26-2)5-9-16(17)19(23)20(21)24/h3-11H,12H2,1-2H3/b10-6+. The van der Waals surface area contributed by atoms with E-state index in [1.807, 2.05) is 12.1 Å². The van der Waals surface area contributed by atoms with Crippen molar-refractivity contribution in [2.24, 2.45) is 0 Å². The summed E-state index contributed by atoms with van der Waals surface area (Å²) in [7, 11) is 2.88. The molecule has 1 amide bonds. The SMILES string of the molecule is COC(=O)/C=C/c1ccc2c(c1)N(Cc1ccc(OC)cc1)C(=O)C2=O. The van der Waals surface area contributed by atoms with E-state index in [1.54, 1.807) is 43.5 Å². The highest BCUT2D eigenvalue weighted by molar-refractivity contribution is 6.52. The zero-order valence-corrected chi connectivity index (χ0v) is 14.4. The van der Waals surface area contributed by atoms with E-state index in [9.17, 15) is 14.4 Å². The predicted molar refractivity (Wildman–Crippen MR) is 96.0 cm³/mol. The van der Waals surface area contributed by atoms with Crippen molar-refractivity contribution in [2.45, 2.75) is 6.54 Å². The average molecular weight is 351 g/mol. The van der Waals surface area contributed by atoms with E-state index in [2.05, 4.69) is 4.74 Å². The number of amides is 1. The van der Waals surface area contributed by atoms with Crippen LogP contribution in [-0.2, 0) is 20.9 Å². The number of rotatable bonds is 5. The van der Waals surface area contributed by atoms with Gasteiger partial charge in [0.15, 0.2) is 0 Å². The second kappa shape index (κ2) is 7.23. The molecule has 1 aliphatic rings. The summed E-state index contributed by atoms with van der Waals surface area (Å²) >= 11 is 0. The largest absolute Gasteiger partial charge is 0.497 e. The van der Waals surface area contributed by atoms with Crippen molar-refractivity contribution in [3.05, 3.63) is 65.2 Å². The van der Waals surface area contributed by atoms with Crippen LogP contribution in [0, 0.1) is 0 Å². The maximum Gasteiger partial charge on any atom is 0.330 e. The molecular formula is C20H17NO5. The number of fused-ring (bicyclic) bond motifs is 1. The molecule has 0 bridgehead atoms. The first-order chi connectivity index (χ1) is 12.5. The molecule has 1 aliphatic heterocycles. The van der Waals surface area contributed by atoms with Crippen LogP contribution in [0.2, 0.25) is 0 Å². The fraction of sp³-hybridized carbons (Fsp3) is 0.150. The number of hydrogen-bond acceptors (Lipinski definition) is 5. The molecule has 132 valence electrons. The summed E-state index contributed by atoms with van der Waals surface area (Å²) in [6.45, 7) is 0.270. The smallest absolute Gasteiger partial charge is 0.330 e. The van der Waals surface area contributed by atoms with Gasteiger partial charge in [-0.15, -0.1) is 0 Å². The molecule has 0 saturated heterocycles. The molecule has 26 heavy (non-hydrogen) atoms. The Morgan fingerprint density at radius 3 is 2.46 bits per heavy atom. The molecule has 3 rings (SSSR count). The van der Waals surface area contributed by atoms with Gasteiger partial charge in [0.2, 0.25) is 0 Å². The van der Waals surface area contributed by atoms with Crippen molar-refractivity contribution in [1.82, 2.24) is 0 Å². The van der Waals surface area contributed by atoms with Gasteiger partial charge in [0.05, 0.1) is 32.0 Å². The van der Waals surface area contributed by atoms with Crippen molar-refractivity contribution < 1.29 is 23.9 Å². The number of carbonyl (C=O) groups excluding carboxylic acids is 3. The van der Waals surface area contributed by atoms with Gasteiger partial charge in [0.1, 0.15) is 5.75 Å². The quantitative estimate of drug-likeness (QED) is 0.470. The van der Waals surface area contributed by atoms with E-state index >= 15 is 0 Å². The van der Waals surface area contributed by atoms with Crippen LogP contribution in [0.15, 0.2) is 48.5 Å². The first-order valence-corrected chi connectivity index (χ1v) is 7.92. The Morgan fingerprint density at radius 1 is 1.08 bits per heavy atom. The molecule has 2 aromatic carbocycles. The summed E-state index contributed by atoms with van der Waals surface area (Å²) in [5.74, 6) is -0.858. The Bertz CT molecular complexity index is 899. The average Bonchev–Trinajstić information content (AvgIpc) is 2.91. The van der Waals surface area contributed by atoms with E-state index in [-0.39, 0.29) is 6.54 Å². The van der Waals surface area contributed by atoms with Crippen LogP contribution < -0.4 is 9.64 Å². The van der Waals surface area contributed by atoms with Gasteiger partial charge in [0.25, 0.3) is 11.7 Å². The third-order valence-corrected chi connectivity index (χ3v) is 4.11. The highest BCUT2D eigenvalue weighted by atomic mass is 16.5. The summed E-state index contributed by atoms with van der Waals surface area (Å²) in [6.07, 6.45) is 2.86. The van der Waals surface area contributed by atoms with Gasteiger partial charge in [0, 0.05) is 6.08 Å². The van der Waals surface area contributed by atoms with Gasteiger partial charge in [-0.2, -0.15) is 0 Å². The number of ether oxygens (including phenoxy) is 2. The molecule has 0 saturated carbocycles. The normalized spacial score (nSPS) is 13.2. The minimum atomic E-state index is -0.565. The molecule has 0 aliphatic carbocycles. The van der Waals surface area contributed by atoms with Crippen molar-refractivity contribution in [1.29, 1.82) is 0 Å². The number of Topliss-reactive ketones (excluding diaryl/α,β-unsaturated/α-hetero) is 1. The van der Waals surface area contributed by atoms with Crippen LogP contribution in [0.4, 0.5) is 5.69 Å². The van der Waals surface area contributed by atoms with Crippen molar-refractivity contribution in [3.8, 4) is 5.75 Å². The monoisotopic (exact) mass is 351 g/mol. The van der Waals surface area contributed by atoms with Crippen LogP contribution in [0.5, 0.6) is 5.75 Å². The fourth-order valence-electron chi connectivity index (χ4n) is 2.72. The van der Waals surface area contributed by atoms with E-state index in [0.29, 0.717) is 22.6 Å². The molecule has 0 aromatic heterocycles. The van der Waals surface area contributed by atoms with Crippen molar-refractivity contribution in [3.63, 3.8) is 0 Å². The van der Waals surface area contributed by atoms with E-state index in [1.165, 1.54) is 18.1 Å². The van der Waals surface area contributed by atoms with Crippen LogP contribution >= 0.6 is 0 Å². The lowest BCUT2D eigenvalue weighted by Gasteiger charge is -2.17. The fourth-order valence-corrected chi connectivity index (χ4v) is 2.72. The number of esters is 1. The van der Waals surface area contributed by atoms with E-state index in [4.69, 9.17) is 4.74 Å². The lowest BCUT2D eigenvalue weighted by molar-refractivity contribution is -0.134. The number of benzene rings is 2. The summed E-state index contributed by atoms with van der Waals surface area (Å²) in [5.41, 5.74) is 2.45. The molecule has 6 heteroatoms. The Balaban J connectivity index is 1.90. The lowest BCUT2D eigenvalue weighted by Crippen LogP contribution is -2.29. The van der Waals surface area contributed by atoms with Crippen molar-refractivity contribution in [2.75, 3.05) is 19.1 Å². The molecule has 0 atom stereocenters. The Kier molecular flexibility index (Phi) is 4.84. The molecule has 0 fully saturated rings. The first-order valence-electron chi connectivity index (χ1n) is 7.92. The molecule has 0 unspecified atom stereocenters. The lowest BCUT2D eigenvalue weighted by atomic mass is 10.1. The highest BCUT2D eigenvalue weighted by Crippen LogP contribution is 2.32. The van der Waals surface area contributed by atoms with E-state index in [0.717, 1.165) is 5.56 Å². The van der Waals surface area contributed by atoms with Gasteiger partial charge < -0.3 is 14.4 Å². The van der Waals surface area contributed by atoms with Gasteiger partial charge in [-0.1, -0.05) is 18.2 Å². The van der Waals surface area contributed by atoms with Crippen LogP contribution in [-0.4, -0.2) is 31.9 Å². The maximum atomic E-state index is 12.4. The van der Waals surface area contributed by atoms with E-state index < -0.39 is 17.7 Å². The summed E-state index contributed by atoms with van der Waals surface area (Å²) in [4.78, 5) is 37.3. The number of nitrogens with zero attached hydrogens (tertiary/aromatic N) is 1. The topological polar surface area (TPSA) is 72.9 Å². The number of carbonyl (C=O) groups is 3. The highest BCUT2D eigenvalue weighted by Gasteiger charge is 2.35. The molecule has 2 aromatic rings. The van der Waals surface area contributed by atoms with Crippen LogP contribution in [0.1, 0.15) is 21.5 Å². The second-order valence-electron chi connectivity index (χ2n) is 5.70. The van der Waals surface area contributed by atoms with Crippen molar-refractivity contribution >= 4 is 29.4 Å². The first kappa shape index (κ1) is 17.4. The van der Waals surface area contributed by atoms with Gasteiger partial charge in [-0.25, -0.2) is 4.79 Å². The number of methoxy groups -OCH3 is 2. The molecule has 6 nitrogen and oxygen atoms in total. The molecule has 1 heterocycles. The number of hydrogen-bond donors (Lipinski definition) is 0. The third-order valence-electron chi connectivity index (χ3n) is 4.11. The minimum absolute atomic E-state index is 0.270. The Hall–Kier alpha value is -3.41. The summed E-state index contributed by atoms with van der Waals surface area (Å²) in [6, 6.07) is 12.3. The molecule has 0 radical (unpaired) electrons. The third kappa shape index (κ3) is 3.35. The zero-order chi connectivity index (χ0) is 18.7. The summed E-state index contributed by atoms with van der Waals surface area (Å²) < 4.78 is 9.69. The number of anilines is 1. The second-order valence-corrected chi connectivity index (χ2v) is 5.70. The molecule has 0 N–H and O–H groups in total. The summed E-state index contributed by atoms with van der Waals surface area (Å²) in [5, 5.41) is 0. The van der Waals surface area contributed by atoms with Crippen LogP contribution in [0.3, 0.4) is 0 Å². The van der Waals surface area contributed by atoms with Gasteiger partial charge in [-0.3, -0.25) is 9.59 Å².